The van der Waals surface area contributed by atoms with Crippen LogP contribution in [0, 0.1) is 0 Å². The summed E-state index contributed by atoms with van der Waals surface area (Å²) in [6.07, 6.45) is -67.1. The highest BCUT2D eigenvalue weighted by atomic mass is 16.8. The standard InChI is InChI=1S/C55H92N4O40/c1-15-30(72)36(78)38(80)51(88-15)95-43-28(58-17(3)68)48(89-22(8-62)32(43)74)87-13-26-35(77)46(40(82)52(93-26)94-42-25(11-65)92-50(39(81)37(42)79)86-12-19(6-60)56-14-66)97-49-29(59-18(4)69)44(33(75)23(9-63)90-49)96-53-41(83)47(34(76)24(10-64)91-53)99-55(54(84)85)5-20(70)27(57-16(2)67)45(98-55)31(73)21(71)7-61/h14-15,19-53,60-65,70-83H,5-13H2,1-4H3,(H,56,66)(H,57,67)(H,58,68)(H,59,69)(H,84,85)/t15-,19+,20-,21+,22+,23+,24+,25+,26+,27+,28+,29+,30+,31+,32+,33+,34-,35-,36+,37+,38-,39+,40+,41+,42+,43+,44+,45+,46-,47-,48+,49-,50+,51-,52-,53-,55-/m0/s1. The minimum atomic E-state index is -3.29. The molecule has 0 bridgehead atoms. The lowest BCUT2D eigenvalue weighted by atomic mass is 9.88. The number of carboxylic acids is 1. The second-order valence-corrected chi connectivity index (χ2v) is 24.7. The summed E-state index contributed by atoms with van der Waals surface area (Å²) in [4.78, 5) is 62.6. The second-order valence-electron chi connectivity index (χ2n) is 24.7. The molecular weight excluding hydrogens is 1360 g/mol. The minimum Gasteiger partial charge on any atom is -0.477 e. The third-order valence-electron chi connectivity index (χ3n) is 17.6. The van der Waals surface area contributed by atoms with E-state index >= 15 is 0 Å². The summed E-state index contributed by atoms with van der Waals surface area (Å²) >= 11 is 0. The molecule has 25 N–H and O–H groups in total. The van der Waals surface area contributed by atoms with Gasteiger partial charge in [-0.3, -0.25) is 19.2 Å². The normalized spacial score (nSPS) is 45.3. The summed E-state index contributed by atoms with van der Waals surface area (Å²) in [6.45, 7) is -3.79. The second kappa shape index (κ2) is 36.1. The summed E-state index contributed by atoms with van der Waals surface area (Å²) in [7, 11) is 0. The van der Waals surface area contributed by atoms with E-state index in [0.717, 1.165) is 20.8 Å². The maximum atomic E-state index is 13.2. The van der Waals surface area contributed by atoms with Crippen LogP contribution in [0.2, 0.25) is 0 Å². The van der Waals surface area contributed by atoms with Crippen LogP contribution >= 0.6 is 0 Å². The molecule has 0 aromatic rings. The Labute approximate surface area is 561 Å². The number of aliphatic hydroxyl groups is 20. The van der Waals surface area contributed by atoms with Crippen LogP contribution in [0.1, 0.15) is 34.1 Å². The summed E-state index contributed by atoms with van der Waals surface area (Å²) in [6, 6.07) is -6.57. The van der Waals surface area contributed by atoms with Gasteiger partial charge in [-0.05, 0) is 6.92 Å². The molecule has 37 atom stereocenters. The van der Waals surface area contributed by atoms with Crippen molar-refractivity contribution in [2.45, 2.75) is 261 Å². The molecule has 7 heterocycles. The van der Waals surface area contributed by atoms with Crippen molar-refractivity contribution in [3.63, 3.8) is 0 Å². The predicted molar refractivity (Wildman–Crippen MR) is 306 cm³/mol. The third kappa shape index (κ3) is 18.7. The molecule has 4 amide bonds. The van der Waals surface area contributed by atoms with Crippen LogP contribution in [-0.4, -0.2) is 417 Å². The van der Waals surface area contributed by atoms with Gasteiger partial charge >= 0.3 is 5.97 Å². The van der Waals surface area contributed by atoms with E-state index in [1.807, 2.05) is 0 Å². The predicted octanol–water partition coefficient (Wildman–Crippen LogP) is -16.5. The fraction of sp³-hybridized carbons (Fsp3) is 0.909. The quantitative estimate of drug-likeness (QED) is 0.0297. The number of amides is 4. The molecule has 99 heavy (non-hydrogen) atoms. The zero-order valence-corrected chi connectivity index (χ0v) is 53.4. The highest BCUT2D eigenvalue weighted by molar-refractivity contribution is 5.77. The van der Waals surface area contributed by atoms with Crippen molar-refractivity contribution >= 4 is 30.1 Å². The van der Waals surface area contributed by atoms with Crippen molar-refractivity contribution < 1.29 is 198 Å². The molecule has 0 radical (unpaired) electrons. The van der Waals surface area contributed by atoms with Gasteiger partial charge in [0.25, 0.3) is 5.79 Å². The van der Waals surface area contributed by atoms with Gasteiger partial charge in [0.1, 0.15) is 159 Å². The lowest BCUT2D eigenvalue weighted by molar-refractivity contribution is -0.391. The first kappa shape index (κ1) is 82.3. The highest BCUT2D eigenvalue weighted by Crippen LogP contribution is 2.41. The Morgan fingerprint density at radius 1 is 0.485 bits per heavy atom. The molecule has 0 aromatic carbocycles. The van der Waals surface area contributed by atoms with Gasteiger partial charge in [0.2, 0.25) is 24.1 Å². The number of carboxylic acid groups (broad SMARTS) is 1. The molecule has 0 unspecified atom stereocenters. The summed E-state index contributed by atoms with van der Waals surface area (Å²) < 4.78 is 82.0. The molecule has 44 heteroatoms. The lowest BCUT2D eigenvalue weighted by Gasteiger charge is -2.51. The molecular formula is C55H92N4O40. The van der Waals surface area contributed by atoms with Gasteiger partial charge in [-0.25, -0.2) is 4.79 Å². The molecule has 0 aromatic heterocycles. The van der Waals surface area contributed by atoms with E-state index in [9.17, 15) is 131 Å². The first-order valence-electron chi connectivity index (χ1n) is 31.3. The van der Waals surface area contributed by atoms with E-state index < -0.39 is 309 Å². The summed E-state index contributed by atoms with van der Waals surface area (Å²) in [5, 5.41) is 240. The molecule has 7 fully saturated rings. The molecule has 7 aliphatic heterocycles. The largest absolute Gasteiger partial charge is 0.477 e. The average molecular weight is 1450 g/mol. The highest BCUT2D eigenvalue weighted by Gasteiger charge is 2.62. The molecule has 7 saturated heterocycles. The Balaban J connectivity index is 1.23. The first-order chi connectivity index (χ1) is 46.7. The van der Waals surface area contributed by atoms with E-state index in [1.165, 1.54) is 6.92 Å². The fourth-order valence-electron chi connectivity index (χ4n) is 12.3. The van der Waals surface area contributed by atoms with Crippen LogP contribution in [0.5, 0.6) is 0 Å². The molecule has 44 nitrogen and oxygen atoms in total. The van der Waals surface area contributed by atoms with Gasteiger partial charge in [-0.2, -0.15) is 0 Å². The minimum absolute atomic E-state index is 0.229. The van der Waals surface area contributed by atoms with Gasteiger partial charge in [0.15, 0.2) is 37.7 Å². The molecule has 0 saturated carbocycles. The van der Waals surface area contributed by atoms with E-state index in [0.29, 0.717) is 0 Å². The number of aliphatic carboxylic acids is 1. The van der Waals surface area contributed by atoms with Crippen molar-refractivity contribution in [2.75, 3.05) is 52.9 Å². The number of nitrogens with one attached hydrogen (secondary N) is 4. The number of rotatable bonds is 30. The van der Waals surface area contributed by atoms with Gasteiger partial charge in [-0.1, -0.05) is 0 Å². The smallest absolute Gasteiger partial charge is 0.364 e. The van der Waals surface area contributed by atoms with Crippen molar-refractivity contribution in [3.8, 4) is 0 Å². The summed E-state index contributed by atoms with van der Waals surface area (Å²) in [5.41, 5.74) is 0. The molecule has 7 rings (SSSR count). The number of carbonyl (C=O) groups excluding carboxylic acids is 4. The summed E-state index contributed by atoms with van der Waals surface area (Å²) in [5.74, 6) is -8.17. The van der Waals surface area contributed by atoms with Gasteiger partial charge in [0, 0.05) is 27.2 Å². The average Bonchev–Trinajstić information content (AvgIpc) is 0.761. The Morgan fingerprint density at radius 2 is 0.929 bits per heavy atom. The number of hydrogen-bond donors (Lipinski definition) is 25. The topological polar surface area (TPSA) is 688 Å². The van der Waals surface area contributed by atoms with E-state index in [1.54, 1.807) is 0 Å². The molecule has 7 aliphatic rings. The van der Waals surface area contributed by atoms with Crippen LogP contribution in [0.25, 0.3) is 0 Å². The lowest BCUT2D eigenvalue weighted by Crippen LogP contribution is -2.71. The fourth-order valence-corrected chi connectivity index (χ4v) is 12.3. The maximum Gasteiger partial charge on any atom is 0.364 e. The number of aliphatic hydroxyl groups excluding tert-OH is 20. The van der Waals surface area contributed by atoms with Crippen LogP contribution in [0.3, 0.4) is 0 Å². The maximum absolute atomic E-state index is 13.2. The van der Waals surface area contributed by atoms with Crippen molar-refractivity contribution in [2.24, 2.45) is 0 Å². The van der Waals surface area contributed by atoms with Crippen LogP contribution < -0.4 is 21.3 Å². The van der Waals surface area contributed by atoms with Crippen LogP contribution in [0.4, 0.5) is 0 Å². The van der Waals surface area contributed by atoms with Gasteiger partial charge < -0.3 is 195 Å². The Kier molecular flexibility index (Phi) is 30.0. The number of hydrogen-bond acceptors (Lipinski definition) is 39. The van der Waals surface area contributed by atoms with Gasteiger partial charge in [-0.15, -0.1) is 0 Å². The van der Waals surface area contributed by atoms with Crippen molar-refractivity contribution in [1.29, 1.82) is 0 Å². The SMILES string of the molecule is CC(=O)N[C@H]1[C@H](OC[C@H]2O[C@@H](O[C@H]3[C@H](O)[C@@H](O)[C@H](OC[C@@H](CO)NC=O)O[C@@H]3CO)[C@H](O)[C@@H](O[C@@H]3O[C@H](CO)[C@@H](O)[C@H](O[C@@H]4O[C@H](CO)[C@H](O)[C@H](O[C@]5(C(=O)O)C[C@H](O)[C@@H](NC(C)=O)[C@H]([C@H](O)[C@H](O)CO)O5)[C@H]4O)[C@H]3NC(C)=O)[C@H]2O)O[C@H](CO)[C@@H](O)[C@@H]1O[C@@H]1O[C@@H](C)[C@@H](O)[C@@H](O)[C@@H]1O. The number of ether oxygens (including phenoxy) is 14. The van der Waals surface area contributed by atoms with Crippen LogP contribution in [0.15, 0.2) is 0 Å². The Bertz CT molecular complexity index is 2580. The molecule has 0 aliphatic carbocycles. The zero-order chi connectivity index (χ0) is 73.4. The van der Waals surface area contributed by atoms with Crippen LogP contribution in [-0.2, 0) is 90.3 Å². The van der Waals surface area contributed by atoms with E-state index in [-0.39, 0.29) is 6.41 Å². The Morgan fingerprint density at radius 3 is 1.44 bits per heavy atom. The Hall–Kier alpha value is -4.01. The molecule has 0 spiro atoms. The third-order valence-corrected chi connectivity index (χ3v) is 17.6. The van der Waals surface area contributed by atoms with E-state index in [4.69, 9.17) is 66.3 Å². The van der Waals surface area contributed by atoms with Crippen molar-refractivity contribution in [1.82, 2.24) is 21.3 Å². The zero-order valence-electron chi connectivity index (χ0n) is 53.4. The van der Waals surface area contributed by atoms with Crippen molar-refractivity contribution in [3.05, 3.63) is 0 Å². The first-order valence-corrected chi connectivity index (χ1v) is 31.3. The van der Waals surface area contributed by atoms with Gasteiger partial charge in [0.05, 0.1) is 77.1 Å². The number of carbonyl (C=O) groups is 5. The molecule has 572 valence electrons. The van der Waals surface area contributed by atoms with E-state index in [2.05, 4.69) is 21.3 Å². The monoisotopic (exact) mass is 1450 g/mol.